The van der Waals surface area contributed by atoms with Crippen LogP contribution in [-0.4, -0.2) is 10.2 Å². The minimum absolute atomic E-state index is 0.191. The van der Waals surface area contributed by atoms with Crippen molar-refractivity contribution in [3.63, 3.8) is 0 Å². The summed E-state index contributed by atoms with van der Waals surface area (Å²) in [7, 11) is 3.64. The average Bonchev–Trinajstić information content (AvgIpc) is 2.33. The summed E-state index contributed by atoms with van der Waals surface area (Å²) >= 11 is 6.18. The quantitative estimate of drug-likeness (QED) is 0.571. The van der Waals surface area contributed by atoms with Crippen LogP contribution in [0.15, 0.2) is 23.2 Å². The fraction of sp³-hybridized carbons (Fsp3) is 0.273. The molecule has 0 nitrogen and oxygen atoms in total. The lowest BCUT2D eigenvalue weighted by atomic mass is 10.0. The van der Waals surface area contributed by atoms with Gasteiger partial charge in [0.1, 0.15) is 0 Å². The minimum atomic E-state index is 0.191. The first-order valence-corrected chi connectivity index (χ1v) is 5.25. The summed E-state index contributed by atoms with van der Waals surface area (Å²) in [4.78, 5) is 0. The largest absolute Gasteiger partial charge is 0.0885 e. The number of allylic oxidation sites excluding steroid dienone is 2. The van der Waals surface area contributed by atoms with Crippen LogP contribution in [0.2, 0.25) is 0 Å². The molecular weight excluding hydrogens is 196 g/mol. The molecule has 1 aromatic carbocycles. The highest BCUT2D eigenvalue weighted by Crippen LogP contribution is 2.42. The molecule has 2 rings (SSSR count). The molecule has 1 aliphatic rings. The molecule has 0 spiro atoms. The molecule has 1 aliphatic carbocycles. The molecule has 3 radical (unpaired) electrons. The van der Waals surface area contributed by atoms with E-state index in [9.17, 15) is 0 Å². The Labute approximate surface area is 87.0 Å². The summed E-state index contributed by atoms with van der Waals surface area (Å²) < 4.78 is 0. The molecule has 1 unspecified atom stereocenters. The van der Waals surface area contributed by atoms with Gasteiger partial charge in [-0.25, -0.2) is 0 Å². The second-order valence-electron chi connectivity index (χ2n) is 3.45. The number of benzene rings is 1. The van der Waals surface area contributed by atoms with E-state index >= 15 is 0 Å². The summed E-state index contributed by atoms with van der Waals surface area (Å²) in [6.07, 6.45) is 0. The van der Waals surface area contributed by atoms with Crippen molar-refractivity contribution in [3.05, 3.63) is 39.9 Å². The monoisotopic (exact) mass is 205 g/mol. The highest BCUT2D eigenvalue weighted by Gasteiger charge is 2.25. The van der Waals surface area contributed by atoms with Crippen LogP contribution in [0.5, 0.6) is 0 Å². The topological polar surface area (TPSA) is 0 Å². The molecule has 13 heavy (non-hydrogen) atoms. The van der Waals surface area contributed by atoms with Crippen molar-refractivity contribution < 1.29 is 0 Å². The van der Waals surface area contributed by atoms with Crippen molar-refractivity contribution in [1.82, 2.24) is 0 Å². The summed E-state index contributed by atoms with van der Waals surface area (Å²) in [6, 6.07) is 6.32. The second kappa shape index (κ2) is 3.00. The van der Waals surface area contributed by atoms with Crippen LogP contribution in [0.3, 0.4) is 0 Å². The van der Waals surface area contributed by atoms with Crippen LogP contribution in [0, 0.1) is 6.92 Å². The Morgan fingerprint density at radius 2 is 2.00 bits per heavy atom. The number of hydrogen-bond donors (Lipinski definition) is 0. The molecule has 2 heteroatoms. The zero-order valence-corrected chi connectivity index (χ0v) is 9.44. The standard InChI is InChI=1S/C11H10ClSi/c1-6-4-3-5-8-9(6)7(2)10(12)11(8)13/h3-5,11H,1-2H3. The highest BCUT2D eigenvalue weighted by atomic mass is 35.5. The van der Waals surface area contributed by atoms with Crippen molar-refractivity contribution in [2.45, 2.75) is 19.4 Å². The third kappa shape index (κ3) is 1.18. The Kier molecular flexibility index (Phi) is 2.09. The Hall–Kier alpha value is -0.533. The number of fused-ring (bicyclic) bond motifs is 1. The van der Waals surface area contributed by atoms with E-state index < -0.39 is 0 Å². The van der Waals surface area contributed by atoms with E-state index in [4.69, 9.17) is 11.6 Å². The van der Waals surface area contributed by atoms with Gasteiger partial charge in [-0.2, -0.15) is 0 Å². The van der Waals surface area contributed by atoms with Gasteiger partial charge >= 0.3 is 0 Å². The minimum Gasteiger partial charge on any atom is -0.0885 e. The molecule has 1 aromatic rings. The molecule has 0 fully saturated rings. The van der Waals surface area contributed by atoms with Crippen LogP contribution in [0.1, 0.15) is 29.2 Å². The maximum absolute atomic E-state index is 6.18. The molecule has 0 N–H and O–H groups in total. The molecule has 0 saturated heterocycles. The molecule has 1 atom stereocenters. The Balaban J connectivity index is 2.72. The van der Waals surface area contributed by atoms with Crippen LogP contribution in [0.4, 0.5) is 0 Å². The molecule has 0 aliphatic heterocycles. The van der Waals surface area contributed by atoms with Crippen LogP contribution in [0.25, 0.3) is 5.57 Å². The van der Waals surface area contributed by atoms with E-state index in [2.05, 4.69) is 42.3 Å². The van der Waals surface area contributed by atoms with Gasteiger partial charge in [0.2, 0.25) is 0 Å². The fourth-order valence-electron chi connectivity index (χ4n) is 1.92. The van der Waals surface area contributed by atoms with Crippen molar-refractivity contribution in [2.24, 2.45) is 0 Å². The third-order valence-corrected chi connectivity index (χ3v) is 3.89. The molecule has 0 saturated carbocycles. The van der Waals surface area contributed by atoms with Crippen LogP contribution in [-0.2, 0) is 0 Å². The predicted molar refractivity (Wildman–Crippen MR) is 58.1 cm³/mol. The normalized spacial score (nSPS) is 20.8. The van der Waals surface area contributed by atoms with Gasteiger partial charge in [0, 0.05) is 20.8 Å². The first-order chi connectivity index (χ1) is 6.13. The van der Waals surface area contributed by atoms with E-state index in [-0.39, 0.29) is 5.54 Å². The lowest BCUT2D eigenvalue weighted by molar-refractivity contribution is 1.21. The maximum Gasteiger partial charge on any atom is 0.0409 e. The molecule has 0 aromatic heterocycles. The van der Waals surface area contributed by atoms with Gasteiger partial charge in [-0.1, -0.05) is 29.8 Å². The average molecular weight is 206 g/mol. The molecule has 0 heterocycles. The van der Waals surface area contributed by atoms with Crippen molar-refractivity contribution in [2.75, 3.05) is 0 Å². The van der Waals surface area contributed by atoms with Crippen molar-refractivity contribution in [3.8, 4) is 0 Å². The molecular formula is C11H10ClSi. The van der Waals surface area contributed by atoms with Crippen molar-refractivity contribution >= 4 is 27.4 Å². The fourth-order valence-corrected chi connectivity index (χ4v) is 2.58. The Morgan fingerprint density at radius 1 is 1.31 bits per heavy atom. The van der Waals surface area contributed by atoms with Gasteiger partial charge in [0.25, 0.3) is 0 Å². The summed E-state index contributed by atoms with van der Waals surface area (Å²) in [5, 5.41) is 0.918. The first kappa shape index (κ1) is 9.04. The lowest BCUT2D eigenvalue weighted by Crippen LogP contribution is -1.94. The van der Waals surface area contributed by atoms with E-state index in [1.165, 1.54) is 22.3 Å². The zero-order valence-electron chi connectivity index (χ0n) is 7.69. The Morgan fingerprint density at radius 3 is 2.62 bits per heavy atom. The van der Waals surface area contributed by atoms with Gasteiger partial charge in [0.15, 0.2) is 0 Å². The van der Waals surface area contributed by atoms with Crippen LogP contribution < -0.4 is 0 Å². The Bertz CT molecular complexity index is 393. The van der Waals surface area contributed by atoms with Crippen molar-refractivity contribution in [1.29, 1.82) is 0 Å². The predicted octanol–water partition coefficient (Wildman–Crippen LogP) is 3.19. The SMILES string of the molecule is CC1=C(Cl)C([Si])c2cccc(C)c21. The second-order valence-corrected chi connectivity index (χ2v) is 4.43. The van der Waals surface area contributed by atoms with E-state index in [1.54, 1.807) is 0 Å². The number of aryl methyl sites for hydroxylation is 1. The van der Waals surface area contributed by atoms with E-state index in [0.29, 0.717) is 0 Å². The lowest BCUT2D eigenvalue weighted by Gasteiger charge is -2.07. The molecule has 0 amide bonds. The van der Waals surface area contributed by atoms with Crippen LogP contribution >= 0.6 is 11.6 Å². The summed E-state index contributed by atoms with van der Waals surface area (Å²) in [6.45, 7) is 4.20. The van der Waals surface area contributed by atoms with Gasteiger partial charge < -0.3 is 0 Å². The number of halogens is 1. The van der Waals surface area contributed by atoms with E-state index in [1.807, 2.05) is 0 Å². The zero-order chi connectivity index (χ0) is 9.59. The third-order valence-electron chi connectivity index (χ3n) is 2.60. The maximum atomic E-state index is 6.18. The van der Waals surface area contributed by atoms with Gasteiger partial charge in [-0.3, -0.25) is 0 Å². The number of hydrogen-bond acceptors (Lipinski definition) is 0. The molecule has 65 valence electrons. The summed E-state index contributed by atoms with van der Waals surface area (Å²) in [5.74, 6) is 0. The number of rotatable bonds is 0. The first-order valence-electron chi connectivity index (χ1n) is 4.30. The van der Waals surface area contributed by atoms with Gasteiger partial charge in [0.05, 0.1) is 0 Å². The highest BCUT2D eigenvalue weighted by molar-refractivity contribution is 6.39. The van der Waals surface area contributed by atoms with Gasteiger partial charge in [-0.05, 0) is 36.1 Å². The molecule has 0 bridgehead atoms. The summed E-state index contributed by atoms with van der Waals surface area (Å²) in [5.41, 5.74) is 5.30. The van der Waals surface area contributed by atoms with E-state index in [0.717, 1.165) is 5.03 Å². The van der Waals surface area contributed by atoms with Gasteiger partial charge in [-0.15, -0.1) is 0 Å². The smallest absolute Gasteiger partial charge is 0.0409 e.